The Balaban J connectivity index is 2.23. The second kappa shape index (κ2) is 4.14. The van der Waals surface area contributed by atoms with Crippen molar-refractivity contribution in [3.8, 4) is 0 Å². The van der Waals surface area contributed by atoms with Crippen molar-refractivity contribution in [1.82, 2.24) is 10.2 Å². The number of aromatic nitrogens is 2. The van der Waals surface area contributed by atoms with Crippen LogP contribution in [-0.2, 0) is 6.42 Å². The van der Waals surface area contributed by atoms with Gasteiger partial charge in [0.05, 0.1) is 0 Å². The molecular formula is C9H6BrFN2S. The van der Waals surface area contributed by atoms with Gasteiger partial charge in [-0.3, -0.25) is 0 Å². The maximum absolute atomic E-state index is 13.2. The molecule has 0 saturated heterocycles. The van der Waals surface area contributed by atoms with Gasteiger partial charge in [-0.15, -0.1) is 10.2 Å². The van der Waals surface area contributed by atoms with E-state index in [0.717, 1.165) is 8.92 Å². The Morgan fingerprint density at radius 1 is 1.29 bits per heavy atom. The standard InChI is InChI=1S/C9H6BrFN2S/c10-9-13-12-8(14-9)5-6-3-1-2-4-7(6)11/h1-4H,5H2. The van der Waals surface area contributed by atoms with Crippen LogP contribution in [0.4, 0.5) is 4.39 Å². The largest absolute Gasteiger partial charge is 0.207 e. The van der Waals surface area contributed by atoms with Gasteiger partial charge in [0.15, 0.2) is 3.92 Å². The van der Waals surface area contributed by atoms with E-state index in [1.54, 1.807) is 12.1 Å². The molecule has 0 bridgehead atoms. The molecule has 1 aromatic carbocycles. The fourth-order valence-corrected chi connectivity index (χ4v) is 2.33. The molecular weight excluding hydrogens is 267 g/mol. The van der Waals surface area contributed by atoms with Crippen molar-refractivity contribution in [3.05, 3.63) is 44.6 Å². The van der Waals surface area contributed by atoms with Crippen LogP contribution in [0.15, 0.2) is 28.2 Å². The van der Waals surface area contributed by atoms with Crippen LogP contribution in [0, 0.1) is 5.82 Å². The zero-order valence-corrected chi connectivity index (χ0v) is 9.48. The zero-order chi connectivity index (χ0) is 9.97. The summed E-state index contributed by atoms with van der Waals surface area (Å²) in [6, 6.07) is 6.69. The van der Waals surface area contributed by atoms with Crippen molar-refractivity contribution >= 4 is 27.3 Å². The highest BCUT2D eigenvalue weighted by Crippen LogP contribution is 2.19. The lowest BCUT2D eigenvalue weighted by molar-refractivity contribution is 0.613. The smallest absolute Gasteiger partial charge is 0.183 e. The number of benzene rings is 1. The summed E-state index contributed by atoms with van der Waals surface area (Å²) in [5.41, 5.74) is 0.649. The maximum atomic E-state index is 13.2. The lowest BCUT2D eigenvalue weighted by atomic mass is 10.1. The van der Waals surface area contributed by atoms with Gasteiger partial charge in [0, 0.05) is 6.42 Å². The molecule has 5 heteroatoms. The van der Waals surface area contributed by atoms with E-state index in [2.05, 4.69) is 26.1 Å². The first-order valence-corrected chi connectivity index (χ1v) is 5.58. The number of halogens is 2. The predicted molar refractivity (Wildman–Crippen MR) is 56.8 cm³/mol. The Bertz CT molecular complexity index is 444. The van der Waals surface area contributed by atoms with E-state index in [0.29, 0.717) is 12.0 Å². The summed E-state index contributed by atoms with van der Waals surface area (Å²) < 4.78 is 14.0. The molecule has 0 aliphatic carbocycles. The lowest BCUT2D eigenvalue weighted by Gasteiger charge is -1.97. The average Bonchev–Trinajstić information content (AvgIpc) is 2.56. The van der Waals surface area contributed by atoms with Crippen LogP contribution in [0.5, 0.6) is 0 Å². The minimum absolute atomic E-state index is 0.196. The molecule has 2 aromatic rings. The maximum Gasteiger partial charge on any atom is 0.183 e. The first kappa shape index (κ1) is 9.73. The fraction of sp³-hybridized carbons (Fsp3) is 0.111. The first-order valence-electron chi connectivity index (χ1n) is 3.97. The fourth-order valence-electron chi connectivity index (χ4n) is 1.11. The predicted octanol–water partition coefficient (Wildman–Crippen LogP) is 3.03. The molecule has 0 spiro atoms. The minimum Gasteiger partial charge on any atom is -0.207 e. The summed E-state index contributed by atoms with van der Waals surface area (Å²) in [6.07, 6.45) is 0.496. The Kier molecular flexibility index (Phi) is 2.88. The van der Waals surface area contributed by atoms with Crippen LogP contribution in [0.25, 0.3) is 0 Å². The van der Waals surface area contributed by atoms with Gasteiger partial charge in [0.2, 0.25) is 0 Å². The molecule has 0 aliphatic rings. The van der Waals surface area contributed by atoms with Gasteiger partial charge in [0.1, 0.15) is 10.8 Å². The molecule has 14 heavy (non-hydrogen) atoms. The first-order chi connectivity index (χ1) is 6.75. The van der Waals surface area contributed by atoms with Gasteiger partial charge in [-0.05, 0) is 27.6 Å². The van der Waals surface area contributed by atoms with Crippen molar-refractivity contribution in [2.75, 3.05) is 0 Å². The molecule has 0 saturated carbocycles. The van der Waals surface area contributed by atoms with E-state index < -0.39 is 0 Å². The van der Waals surface area contributed by atoms with Gasteiger partial charge in [0.25, 0.3) is 0 Å². The van der Waals surface area contributed by atoms with Gasteiger partial charge in [-0.1, -0.05) is 29.5 Å². The molecule has 1 heterocycles. The van der Waals surface area contributed by atoms with Crippen molar-refractivity contribution in [2.24, 2.45) is 0 Å². The molecule has 2 rings (SSSR count). The van der Waals surface area contributed by atoms with Crippen molar-refractivity contribution in [3.63, 3.8) is 0 Å². The highest BCUT2D eigenvalue weighted by Gasteiger charge is 2.06. The van der Waals surface area contributed by atoms with E-state index in [9.17, 15) is 4.39 Å². The Morgan fingerprint density at radius 3 is 2.71 bits per heavy atom. The topological polar surface area (TPSA) is 25.8 Å². The highest BCUT2D eigenvalue weighted by molar-refractivity contribution is 9.11. The number of hydrogen-bond donors (Lipinski definition) is 0. The second-order valence-electron chi connectivity index (χ2n) is 2.72. The summed E-state index contributed by atoms with van der Waals surface area (Å²) in [6.45, 7) is 0. The van der Waals surface area contributed by atoms with Crippen LogP contribution in [-0.4, -0.2) is 10.2 Å². The van der Waals surface area contributed by atoms with Crippen LogP contribution >= 0.6 is 27.3 Å². The van der Waals surface area contributed by atoms with E-state index in [4.69, 9.17) is 0 Å². The van der Waals surface area contributed by atoms with Crippen molar-refractivity contribution in [2.45, 2.75) is 6.42 Å². The van der Waals surface area contributed by atoms with Crippen LogP contribution in [0.3, 0.4) is 0 Å². The molecule has 0 amide bonds. The summed E-state index contributed by atoms with van der Waals surface area (Å²) in [5.74, 6) is -0.196. The summed E-state index contributed by atoms with van der Waals surface area (Å²) in [7, 11) is 0. The Hall–Kier alpha value is -0.810. The lowest BCUT2D eigenvalue weighted by Crippen LogP contribution is -1.91. The summed E-state index contributed by atoms with van der Waals surface area (Å²) >= 11 is 4.63. The SMILES string of the molecule is Fc1ccccc1Cc1nnc(Br)s1. The normalized spacial score (nSPS) is 10.4. The van der Waals surface area contributed by atoms with E-state index >= 15 is 0 Å². The summed E-state index contributed by atoms with van der Waals surface area (Å²) in [5, 5.41) is 8.52. The van der Waals surface area contributed by atoms with E-state index in [1.165, 1.54) is 17.4 Å². The third-order valence-corrected chi connectivity index (χ3v) is 3.10. The molecule has 0 radical (unpaired) electrons. The van der Waals surface area contributed by atoms with Gasteiger partial charge in [-0.25, -0.2) is 4.39 Å². The molecule has 2 nitrogen and oxygen atoms in total. The van der Waals surface area contributed by atoms with Gasteiger partial charge < -0.3 is 0 Å². The van der Waals surface area contributed by atoms with Crippen LogP contribution in [0.2, 0.25) is 0 Å². The van der Waals surface area contributed by atoms with E-state index in [1.807, 2.05) is 6.07 Å². The third kappa shape index (κ3) is 2.16. The molecule has 0 aliphatic heterocycles. The second-order valence-corrected chi connectivity index (χ2v) is 5.06. The molecule has 1 aromatic heterocycles. The summed E-state index contributed by atoms with van der Waals surface area (Å²) in [4.78, 5) is 0. The quantitative estimate of drug-likeness (QED) is 0.840. The van der Waals surface area contributed by atoms with Crippen molar-refractivity contribution < 1.29 is 4.39 Å². The number of rotatable bonds is 2. The monoisotopic (exact) mass is 272 g/mol. The van der Waals surface area contributed by atoms with Gasteiger partial charge in [-0.2, -0.15) is 0 Å². The molecule has 72 valence electrons. The van der Waals surface area contributed by atoms with Crippen LogP contribution in [0.1, 0.15) is 10.6 Å². The van der Waals surface area contributed by atoms with E-state index in [-0.39, 0.29) is 5.82 Å². The molecule has 0 unspecified atom stereocenters. The average molecular weight is 273 g/mol. The Morgan fingerprint density at radius 2 is 2.07 bits per heavy atom. The number of hydrogen-bond acceptors (Lipinski definition) is 3. The highest BCUT2D eigenvalue weighted by atomic mass is 79.9. The Labute approximate surface area is 92.9 Å². The third-order valence-electron chi connectivity index (χ3n) is 1.74. The zero-order valence-electron chi connectivity index (χ0n) is 7.08. The number of nitrogens with zero attached hydrogens (tertiary/aromatic N) is 2. The molecule has 0 fully saturated rings. The van der Waals surface area contributed by atoms with Gasteiger partial charge >= 0.3 is 0 Å². The minimum atomic E-state index is -0.196. The molecule has 0 N–H and O–H groups in total. The van der Waals surface area contributed by atoms with Crippen LogP contribution < -0.4 is 0 Å². The molecule has 0 atom stereocenters. The van der Waals surface area contributed by atoms with Crippen molar-refractivity contribution in [1.29, 1.82) is 0 Å².